The second-order valence-corrected chi connectivity index (χ2v) is 8.13. The van der Waals surface area contributed by atoms with E-state index in [0.717, 1.165) is 0 Å². The highest BCUT2D eigenvalue weighted by molar-refractivity contribution is 7.80. The van der Waals surface area contributed by atoms with Crippen LogP contribution in [0.25, 0.3) is 0 Å². The first-order valence-corrected chi connectivity index (χ1v) is 10.9. The predicted molar refractivity (Wildman–Crippen MR) is 122 cm³/mol. The van der Waals surface area contributed by atoms with Gasteiger partial charge in [-0.25, -0.2) is 4.79 Å². The number of carbonyl (C=O) groups excluding carboxylic acids is 3. The SMILES string of the molecule is CC(C)C(NC(=O)C(Cc1ccccc1)NC(=O)C(CS)NC(=O)C(N)CC(=O)O)C(=O)O. The molecule has 0 saturated heterocycles. The van der Waals surface area contributed by atoms with Gasteiger partial charge in [0, 0.05) is 12.2 Å². The van der Waals surface area contributed by atoms with Crippen LogP contribution in [0.3, 0.4) is 0 Å². The number of rotatable bonds is 13. The number of hydrogen-bond donors (Lipinski definition) is 7. The Bertz CT molecular complexity index is 850. The summed E-state index contributed by atoms with van der Waals surface area (Å²) in [6.45, 7) is 3.27. The monoisotopic (exact) mass is 482 g/mol. The molecule has 1 aromatic carbocycles. The van der Waals surface area contributed by atoms with E-state index in [9.17, 15) is 29.1 Å². The Balaban J connectivity index is 3.01. The minimum atomic E-state index is -1.37. The first-order chi connectivity index (χ1) is 15.5. The summed E-state index contributed by atoms with van der Waals surface area (Å²) in [5.41, 5.74) is 6.23. The van der Waals surface area contributed by atoms with Gasteiger partial charge in [0.25, 0.3) is 0 Å². The first-order valence-electron chi connectivity index (χ1n) is 10.2. The van der Waals surface area contributed by atoms with Crippen LogP contribution in [0, 0.1) is 5.92 Å². The van der Waals surface area contributed by atoms with Crippen LogP contribution < -0.4 is 21.7 Å². The third kappa shape index (κ3) is 9.49. The Kier molecular flexibility index (Phi) is 11.4. The minimum absolute atomic E-state index is 0.0641. The van der Waals surface area contributed by atoms with Gasteiger partial charge in [-0.05, 0) is 11.5 Å². The molecule has 33 heavy (non-hydrogen) atoms. The maximum atomic E-state index is 12.9. The van der Waals surface area contributed by atoms with Crippen molar-refractivity contribution in [1.82, 2.24) is 16.0 Å². The molecule has 0 fully saturated rings. The highest BCUT2D eigenvalue weighted by Crippen LogP contribution is 2.07. The van der Waals surface area contributed by atoms with Gasteiger partial charge < -0.3 is 31.9 Å². The Morgan fingerprint density at radius 2 is 1.45 bits per heavy atom. The summed E-state index contributed by atoms with van der Waals surface area (Å²) in [5.74, 6) is -5.37. The Labute approximate surface area is 196 Å². The van der Waals surface area contributed by atoms with E-state index >= 15 is 0 Å². The maximum Gasteiger partial charge on any atom is 0.326 e. The standard InChI is InChI=1S/C21H30N4O7S/c1-11(2)17(21(31)32)25-19(29)14(8-12-6-4-3-5-7-12)23-20(30)15(10-33)24-18(28)13(22)9-16(26)27/h3-7,11,13-15,17,33H,8-10,22H2,1-2H3,(H,23,30)(H,24,28)(H,25,29)(H,26,27)(H,31,32). The van der Waals surface area contributed by atoms with Crippen LogP contribution in [0.2, 0.25) is 0 Å². The van der Waals surface area contributed by atoms with Crippen molar-refractivity contribution in [3.05, 3.63) is 35.9 Å². The van der Waals surface area contributed by atoms with Gasteiger partial charge in [-0.15, -0.1) is 0 Å². The van der Waals surface area contributed by atoms with Gasteiger partial charge in [-0.2, -0.15) is 12.6 Å². The molecule has 3 amide bonds. The molecule has 7 N–H and O–H groups in total. The zero-order valence-corrected chi connectivity index (χ0v) is 19.2. The minimum Gasteiger partial charge on any atom is -0.481 e. The largest absolute Gasteiger partial charge is 0.481 e. The second-order valence-electron chi connectivity index (χ2n) is 7.77. The number of thiol groups is 1. The molecule has 0 spiro atoms. The lowest BCUT2D eigenvalue weighted by Gasteiger charge is -2.25. The normalized spacial score (nSPS) is 14.5. The topological polar surface area (TPSA) is 188 Å². The number of benzene rings is 1. The van der Waals surface area contributed by atoms with E-state index in [1.165, 1.54) is 0 Å². The number of carbonyl (C=O) groups is 5. The summed E-state index contributed by atoms with van der Waals surface area (Å²) in [5, 5.41) is 25.4. The van der Waals surface area contributed by atoms with E-state index in [2.05, 4.69) is 28.6 Å². The van der Waals surface area contributed by atoms with Crippen molar-refractivity contribution in [2.75, 3.05) is 5.75 Å². The number of carboxylic acid groups (broad SMARTS) is 2. The average molecular weight is 483 g/mol. The number of aliphatic carboxylic acids is 2. The van der Waals surface area contributed by atoms with Crippen molar-refractivity contribution in [2.45, 2.75) is 50.9 Å². The number of hydrogen-bond acceptors (Lipinski definition) is 7. The van der Waals surface area contributed by atoms with E-state index in [1.54, 1.807) is 44.2 Å². The molecule has 0 aromatic heterocycles. The molecule has 0 aliphatic heterocycles. The van der Waals surface area contributed by atoms with E-state index < -0.39 is 66.2 Å². The smallest absolute Gasteiger partial charge is 0.326 e. The molecule has 0 saturated carbocycles. The summed E-state index contributed by atoms with van der Waals surface area (Å²) < 4.78 is 0. The lowest BCUT2D eigenvalue weighted by atomic mass is 10.0. The molecule has 1 aromatic rings. The molecule has 1 rings (SSSR count). The molecular formula is C21H30N4O7S. The number of carboxylic acids is 2. The summed E-state index contributed by atoms with van der Waals surface area (Å²) in [4.78, 5) is 60.0. The van der Waals surface area contributed by atoms with E-state index in [0.29, 0.717) is 5.56 Å². The van der Waals surface area contributed by atoms with Gasteiger partial charge >= 0.3 is 11.9 Å². The van der Waals surface area contributed by atoms with Gasteiger partial charge in [-0.1, -0.05) is 44.2 Å². The van der Waals surface area contributed by atoms with Crippen molar-refractivity contribution >= 4 is 42.3 Å². The van der Waals surface area contributed by atoms with Crippen molar-refractivity contribution in [3.8, 4) is 0 Å². The Morgan fingerprint density at radius 1 is 0.909 bits per heavy atom. The summed E-state index contributed by atoms with van der Waals surface area (Å²) in [6.07, 6.45) is -0.563. The molecule has 0 heterocycles. The molecular weight excluding hydrogens is 452 g/mol. The third-order valence-electron chi connectivity index (χ3n) is 4.69. The number of nitrogens with two attached hydrogens (primary N) is 1. The average Bonchev–Trinajstić information content (AvgIpc) is 2.74. The van der Waals surface area contributed by atoms with Gasteiger partial charge in [0.2, 0.25) is 17.7 Å². The van der Waals surface area contributed by atoms with Gasteiger partial charge in [0.15, 0.2) is 0 Å². The Hall–Kier alpha value is -3.12. The van der Waals surface area contributed by atoms with E-state index in [-0.39, 0.29) is 12.2 Å². The molecule has 0 bridgehead atoms. The van der Waals surface area contributed by atoms with Crippen LogP contribution >= 0.6 is 12.6 Å². The fourth-order valence-electron chi connectivity index (χ4n) is 2.85. The molecule has 12 heteroatoms. The van der Waals surface area contributed by atoms with Crippen LogP contribution in [-0.4, -0.2) is 69.8 Å². The fourth-order valence-corrected chi connectivity index (χ4v) is 3.11. The summed E-state index contributed by atoms with van der Waals surface area (Å²) in [7, 11) is 0. The lowest BCUT2D eigenvalue weighted by Crippen LogP contribution is -2.58. The third-order valence-corrected chi connectivity index (χ3v) is 5.06. The lowest BCUT2D eigenvalue weighted by molar-refractivity contribution is -0.143. The van der Waals surface area contributed by atoms with Crippen LogP contribution in [0.4, 0.5) is 0 Å². The molecule has 4 unspecified atom stereocenters. The van der Waals surface area contributed by atoms with Crippen molar-refractivity contribution < 1.29 is 34.2 Å². The molecule has 0 aliphatic carbocycles. The number of nitrogens with one attached hydrogen (secondary N) is 3. The van der Waals surface area contributed by atoms with E-state index in [1.807, 2.05) is 0 Å². The van der Waals surface area contributed by atoms with E-state index in [4.69, 9.17) is 10.8 Å². The quantitative estimate of drug-likeness (QED) is 0.177. The van der Waals surface area contributed by atoms with Gasteiger partial charge in [-0.3, -0.25) is 19.2 Å². The maximum absolute atomic E-state index is 12.9. The van der Waals surface area contributed by atoms with Crippen LogP contribution in [0.5, 0.6) is 0 Å². The highest BCUT2D eigenvalue weighted by Gasteiger charge is 2.31. The van der Waals surface area contributed by atoms with Gasteiger partial charge in [0.1, 0.15) is 18.1 Å². The zero-order valence-electron chi connectivity index (χ0n) is 18.4. The van der Waals surface area contributed by atoms with Crippen LogP contribution in [-0.2, 0) is 30.4 Å². The van der Waals surface area contributed by atoms with Gasteiger partial charge in [0.05, 0.1) is 12.5 Å². The molecule has 4 atom stereocenters. The zero-order chi connectivity index (χ0) is 25.1. The van der Waals surface area contributed by atoms with Crippen molar-refractivity contribution in [3.63, 3.8) is 0 Å². The van der Waals surface area contributed by atoms with Crippen molar-refractivity contribution in [2.24, 2.45) is 11.7 Å². The number of amides is 3. The van der Waals surface area contributed by atoms with Crippen LogP contribution in [0.15, 0.2) is 30.3 Å². The Morgan fingerprint density at radius 3 is 1.94 bits per heavy atom. The summed E-state index contributed by atoms with van der Waals surface area (Å²) >= 11 is 4.04. The van der Waals surface area contributed by atoms with Crippen LogP contribution in [0.1, 0.15) is 25.8 Å². The molecule has 0 radical (unpaired) electrons. The first kappa shape index (κ1) is 27.9. The molecule has 0 aliphatic rings. The molecule has 11 nitrogen and oxygen atoms in total. The second kappa shape index (κ2) is 13.4. The fraction of sp³-hybridized carbons (Fsp3) is 0.476. The van der Waals surface area contributed by atoms with Crippen molar-refractivity contribution in [1.29, 1.82) is 0 Å². The highest BCUT2D eigenvalue weighted by atomic mass is 32.1. The summed E-state index contributed by atoms with van der Waals surface area (Å²) in [6, 6.07) is 3.88. The predicted octanol–water partition coefficient (Wildman–Crippen LogP) is -0.844. The molecule has 182 valence electrons.